The maximum atomic E-state index is 4.70. The van der Waals surface area contributed by atoms with Crippen LogP contribution in [0.2, 0.25) is 0 Å². The first-order valence-corrected chi connectivity index (χ1v) is 13.3. The minimum atomic E-state index is 0.161. The molecule has 6 rings (SSSR count). The van der Waals surface area contributed by atoms with Crippen LogP contribution in [-0.4, -0.2) is 20.5 Å². The monoisotopic (exact) mass is 491 g/mol. The molecule has 5 nitrogen and oxygen atoms in total. The fourth-order valence-electron chi connectivity index (χ4n) is 5.90. The Balaban J connectivity index is 1.26. The summed E-state index contributed by atoms with van der Waals surface area (Å²) in [6.45, 7) is 14.5. The second-order valence-electron chi connectivity index (χ2n) is 10.9. The van der Waals surface area contributed by atoms with Gasteiger partial charge in [-0.15, -0.1) is 0 Å². The summed E-state index contributed by atoms with van der Waals surface area (Å²) < 4.78 is 0. The molecule has 0 radical (unpaired) electrons. The minimum absolute atomic E-state index is 0.161. The Kier molecular flexibility index (Phi) is 6.96. The van der Waals surface area contributed by atoms with Crippen molar-refractivity contribution in [3.05, 3.63) is 97.5 Å². The number of fused-ring (bicyclic) bond motifs is 3. The number of hydrogen-bond acceptors (Lipinski definition) is 5. The first-order valence-electron chi connectivity index (χ1n) is 13.3. The van der Waals surface area contributed by atoms with E-state index in [4.69, 9.17) is 4.98 Å². The van der Waals surface area contributed by atoms with Gasteiger partial charge in [-0.2, -0.15) is 0 Å². The third-order valence-electron chi connectivity index (χ3n) is 8.53. The number of rotatable bonds is 10. The Morgan fingerprint density at radius 2 is 1.81 bits per heavy atom. The lowest BCUT2D eigenvalue weighted by Crippen LogP contribution is -2.54. The topological polar surface area (TPSA) is 62.7 Å². The number of aryl methyl sites for hydroxylation is 1. The van der Waals surface area contributed by atoms with E-state index in [1.807, 2.05) is 30.5 Å². The van der Waals surface area contributed by atoms with Gasteiger partial charge in [0.15, 0.2) is 0 Å². The van der Waals surface area contributed by atoms with Crippen LogP contribution in [0.1, 0.15) is 62.5 Å². The second-order valence-corrected chi connectivity index (χ2v) is 10.9. The van der Waals surface area contributed by atoms with Gasteiger partial charge in [-0.3, -0.25) is 4.98 Å². The highest BCUT2D eigenvalue weighted by molar-refractivity contribution is 5.70. The molecule has 2 aromatic heterocycles. The molecule has 0 amide bonds. The standard InChI is InChI=1S/C32H37N5/c1-5-23(2)10-12-31-13-16-32(17-14-31,18-15-31)37-25(4)26-9-8-24(3)29(21-26)36-30-34-20-11-28(35-30)27-7-6-19-33-22-27/h5-9,11,19-22,37H,1-2,4,10,12-18H2,3H3,(H,34,35,36). The normalized spacial score (nSPS) is 22.3. The van der Waals surface area contributed by atoms with Crippen LogP contribution in [0.15, 0.2) is 86.4 Å². The van der Waals surface area contributed by atoms with Crippen LogP contribution in [0, 0.1) is 12.3 Å². The van der Waals surface area contributed by atoms with Crippen molar-refractivity contribution in [1.29, 1.82) is 0 Å². The molecular formula is C32H37N5. The molecular weight excluding hydrogens is 454 g/mol. The highest BCUT2D eigenvalue weighted by Gasteiger charge is 2.48. The second kappa shape index (κ2) is 10.3. The van der Waals surface area contributed by atoms with Crippen LogP contribution >= 0.6 is 0 Å². The first-order chi connectivity index (χ1) is 17.9. The van der Waals surface area contributed by atoms with Crippen molar-refractivity contribution in [3.8, 4) is 11.3 Å². The van der Waals surface area contributed by atoms with Crippen molar-refractivity contribution in [3.63, 3.8) is 0 Å². The number of aromatic nitrogens is 3. The summed E-state index contributed by atoms with van der Waals surface area (Å²) in [5.41, 5.74) is 7.81. The van der Waals surface area contributed by atoms with Crippen LogP contribution in [0.3, 0.4) is 0 Å². The third-order valence-corrected chi connectivity index (χ3v) is 8.53. The van der Waals surface area contributed by atoms with Crippen LogP contribution in [-0.2, 0) is 0 Å². The summed E-state index contributed by atoms with van der Waals surface area (Å²) in [6, 6.07) is 12.2. The zero-order valence-corrected chi connectivity index (χ0v) is 21.9. The number of anilines is 2. The van der Waals surface area contributed by atoms with Gasteiger partial charge in [-0.05, 0) is 99.1 Å². The molecule has 0 atom stereocenters. The van der Waals surface area contributed by atoms with Gasteiger partial charge in [0.1, 0.15) is 0 Å². The van der Waals surface area contributed by atoms with E-state index in [-0.39, 0.29) is 5.54 Å². The van der Waals surface area contributed by atoms with Gasteiger partial charge >= 0.3 is 0 Å². The molecule has 5 heteroatoms. The fourth-order valence-corrected chi connectivity index (χ4v) is 5.90. The van der Waals surface area contributed by atoms with Gasteiger partial charge in [-0.1, -0.05) is 43.5 Å². The Labute approximate surface area is 220 Å². The maximum Gasteiger partial charge on any atom is 0.227 e. The fraction of sp³-hybridized carbons (Fsp3) is 0.344. The molecule has 3 aliphatic carbocycles. The third kappa shape index (κ3) is 5.51. The highest BCUT2D eigenvalue weighted by atomic mass is 15.1. The van der Waals surface area contributed by atoms with Crippen molar-refractivity contribution < 1.29 is 0 Å². The SMILES string of the molecule is C=CC(=C)CCC12CCC(NC(=C)c3ccc(C)c(Nc4nccc(-c5cccnc5)n4)c3)(CC1)CC2. The summed E-state index contributed by atoms with van der Waals surface area (Å²) in [6.07, 6.45) is 17.0. The molecule has 2 N–H and O–H groups in total. The minimum Gasteiger partial charge on any atom is -0.380 e. The Hall–Kier alpha value is -3.73. The summed E-state index contributed by atoms with van der Waals surface area (Å²) in [5, 5.41) is 7.30. The first kappa shape index (κ1) is 24.9. The van der Waals surface area contributed by atoms with Gasteiger partial charge in [0, 0.05) is 41.1 Å². The lowest BCUT2D eigenvalue weighted by atomic mass is 9.55. The van der Waals surface area contributed by atoms with Gasteiger partial charge in [0.05, 0.1) is 5.69 Å². The van der Waals surface area contributed by atoms with E-state index in [9.17, 15) is 0 Å². The zero-order valence-electron chi connectivity index (χ0n) is 21.9. The van der Waals surface area contributed by atoms with Gasteiger partial charge in [0.25, 0.3) is 0 Å². The van der Waals surface area contributed by atoms with Crippen molar-refractivity contribution >= 4 is 17.3 Å². The lowest BCUT2D eigenvalue weighted by Gasteiger charge is -2.54. The predicted octanol–water partition coefficient (Wildman–Crippen LogP) is 7.77. The smallest absolute Gasteiger partial charge is 0.227 e. The molecule has 3 saturated carbocycles. The number of nitrogens with zero attached hydrogens (tertiary/aromatic N) is 3. The van der Waals surface area contributed by atoms with E-state index in [0.29, 0.717) is 11.4 Å². The highest BCUT2D eigenvalue weighted by Crippen LogP contribution is 2.55. The van der Waals surface area contributed by atoms with E-state index in [1.165, 1.54) is 50.5 Å². The van der Waals surface area contributed by atoms with E-state index in [1.54, 1.807) is 12.4 Å². The van der Waals surface area contributed by atoms with Crippen molar-refractivity contribution in [2.75, 3.05) is 5.32 Å². The summed E-state index contributed by atoms with van der Waals surface area (Å²) in [7, 11) is 0. The molecule has 3 fully saturated rings. The van der Waals surface area contributed by atoms with E-state index < -0.39 is 0 Å². The van der Waals surface area contributed by atoms with Crippen LogP contribution < -0.4 is 10.6 Å². The molecule has 0 saturated heterocycles. The van der Waals surface area contributed by atoms with Gasteiger partial charge < -0.3 is 10.6 Å². The van der Waals surface area contributed by atoms with Crippen molar-refractivity contribution in [1.82, 2.24) is 20.3 Å². The molecule has 37 heavy (non-hydrogen) atoms. The number of allylic oxidation sites excluding steroid dienone is 2. The molecule has 190 valence electrons. The number of pyridine rings is 1. The molecule has 0 aliphatic heterocycles. The maximum absolute atomic E-state index is 4.70. The number of benzene rings is 1. The molecule has 0 unspecified atom stereocenters. The molecule has 3 aliphatic rings. The van der Waals surface area contributed by atoms with Crippen LogP contribution in [0.25, 0.3) is 17.0 Å². The van der Waals surface area contributed by atoms with Crippen LogP contribution in [0.4, 0.5) is 11.6 Å². The van der Waals surface area contributed by atoms with Crippen LogP contribution in [0.5, 0.6) is 0 Å². The van der Waals surface area contributed by atoms with E-state index >= 15 is 0 Å². The average molecular weight is 492 g/mol. The quantitative estimate of drug-likeness (QED) is 0.284. The molecule has 2 heterocycles. The average Bonchev–Trinajstić information content (AvgIpc) is 2.94. The Bertz CT molecular complexity index is 1290. The zero-order chi connectivity index (χ0) is 25.9. The predicted molar refractivity (Wildman–Crippen MR) is 153 cm³/mol. The Morgan fingerprint density at radius 3 is 2.51 bits per heavy atom. The molecule has 1 aromatic carbocycles. The summed E-state index contributed by atoms with van der Waals surface area (Å²) >= 11 is 0. The van der Waals surface area contributed by atoms with Crippen molar-refractivity contribution in [2.24, 2.45) is 5.41 Å². The van der Waals surface area contributed by atoms with E-state index in [0.717, 1.165) is 40.2 Å². The number of hydrogen-bond donors (Lipinski definition) is 2. The summed E-state index contributed by atoms with van der Waals surface area (Å²) in [4.78, 5) is 13.4. The molecule has 2 bridgehead atoms. The van der Waals surface area contributed by atoms with Crippen molar-refractivity contribution in [2.45, 2.75) is 63.8 Å². The van der Waals surface area contributed by atoms with Gasteiger partial charge in [0.2, 0.25) is 5.95 Å². The molecule has 0 spiro atoms. The largest absolute Gasteiger partial charge is 0.380 e. The van der Waals surface area contributed by atoms with Gasteiger partial charge in [-0.25, -0.2) is 9.97 Å². The molecule has 3 aromatic rings. The Morgan fingerprint density at radius 1 is 1.03 bits per heavy atom. The lowest BCUT2D eigenvalue weighted by molar-refractivity contribution is 0.0261. The van der Waals surface area contributed by atoms with E-state index in [2.05, 4.69) is 65.5 Å². The number of nitrogens with one attached hydrogen (secondary N) is 2. The summed E-state index contributed by atoms with van der Waals surface area (Å²) in [5.74, 6) is 0.564.